The number of benzene rings is 2. The van der Waals surface area contributed by atoms with E-state index < -0.39 is 6.10 Å². The van der Waals surface area contributed by atoms with Gasteiger partial charge in [-0.15, -0.1) is 5.10 Å². The highest BCUT2D eigenvalue weighted by Crippen LogP contribution is 2.20. The van der Waals surface area contributed by atoms with Gasteiger partial charge in [0, 0.05) is 30.9 Å². The Morgan fingerprint density at radius 1 is 1.08 bits per heavy atom. The number of β-amino-alcohol motifs (C(OH)–C–C–N with tert-alkyl or cyclic N) is 1. The number of aromatic nitrogens is 3. The summed E-state index contributed by atoms with van der Waals surface area (Å²) in [6.07, 6.45) is 2.39. The number of aliphatic hydroxyl groups excluding tert-OH is 1. The summed E-state index contributed by atoms with van der Waals surface area (Å²) >= 11 is 0. The molecule has 4 rings (SSSR count). The van der Waals surface area contributed by atoms with Gasteiger partial charge in [-0.2, -0.15) is 0 Å². The Labute approximate surface area is 152 Å². The first-order valence-corrected chi connectivity index (χ1v) is 8.90. The number of hydrogen-bond donors (Lipinski definition) is 2. The Kier molecular flexibility index (Phi) is 4.69. The van der Waals surface area contributed by atoms with Gasteiger partial charge in [0.05, 0.1) is 18.8 Å². The van der Waals surface area contributed by atoms with Crippen LogP contribution in [0.2, 0.25) is 0 Å². The van der Waals surface area contributed by atoms with E-state index in [1.807, 2.05) is 30.5 Å². The first-order valence-electron chi connectivity index (χ1n) is 8.90. The first kappa shape index (κ1) is 16.8. The molecule has 0 fully saturated rings. The van der Waals surface area contributed by atoms with E-state index in [0.717, 1.165) is 30.8 Å². The molecule has 3 N–H and O–H groups in total. The zero-order chi connectivity index (χ0) is 17.9. The molecule has 1 aromatic heterocycles. The number of rotatable bonds is 5. The molecule has 0 spiro atoms. The second-order valence-corrected chi connectivity index (χ2v) is 6.86. The SMILES string of the molecule is Nc1cccc(-c2cn(CC(O)CN3CCc4ccccc4C3)nn2)c1. The highest BCUT2D eigenvalue weighted by Gasteiger charge is 2.19. The Morgan fingerprint density at radius 2 is 1.92 bits per heavy atom. The van der Waals surface area contributed by atoms with Crippen LogP contribution in [0.1, 0.15) is 11.1 Å². The van der Waals surface area contributed by atoms with Crippen LogP contribution in [-0.2, 0) is 19.5 Å². The maximum Gasteiger partial charge on any atom is 0.113 e. The molecule has 0 amide bonds. The molecule has 26 heavy (non-hydrogen) atoms. The minimum Gasteiger partial charge on any atom is -0.399 e. The zero-order valence-electron chi connectivity index (χ0n) is 14.6. The summed E-state index contributed by atoms with van der Waals surface area (Å²) in [7, 11) is 0. The molecule has 134 valence electrons. The highest BCUT2D eigenvalue weighted by molar-refractivity contribution is 5.62. The molecule has 0 radical (unpaired) electrons. The largest absolute Gasteiger partial charge is 0.399 e. The molecule has 2 aromatic carbocycles. The van der Waals surface area contributed by atoms with Crippen molar-refractivity contribution in [3.63, 3.8) is 0 Å². The van der Waals surface area contributed by atoms with E-state index in [4.69, 9.17) is 5.73 Å². The van der Waals surface area contributed by atoms with Crippen LogP contribution in [0.4, 0.5) is 5.69 Å². The Hall–Kier alpha value is -2.70. The van der Waals surface area contributed by atoms with Crippen LogP contribution in [-0.4, -0.2) is 44.2 Å². The number of hydrogen-bond acceptors (Lipinski definition) is 5. The van der Waals surface area contributed by atoms with Crippen molar-refractivity contribution in [2.45, 2.75) is 25.6 Å². The quantitative estimate of drug-likeness (QED) is 0.688. The van der Waals surface area contributed by atoms with Gasteiger partial charge in [-0.1, -0.05) is 41.6 Å². The number of nitrogens with zero attached hydrogens (tertiary/aromatic N) is 4. The lowest BCUT2D eigenvalue weighted by Gasteiger charge is -2.30. The van der Waals surface area contributed by atoms with Gasteiger partial charge in [0.15, 0.2) is 0 Å². The van der Waals surface area contributed by atoms with Gasteiger partial charge in [0.1, 0.15) is 5.69 Å². The van der Waals surface area contributed by atoms with E-state index in [1.54, 1.807) is 4.68 Å². The molecule has 0 saturated heterocycles. The van der Waals surface area contributed by atoms with Crippen LogP contribution in [0.15, 0.2) is 54.7 Å². The number of fused-ring (bicyclic) bond motifs is 1. The Balaban J connectivity index is 1.36. The van der Waals surface area contributed by atoms with Crippen LogP contribution >= 0.6 is 0 Å². The monoisotopic (exact) mass is 349 g/mol. The maximum absolute atomic E-state index is 10.5. The average Bonchev–Trinajstić information content (AvgIpc) is 3.10. The summed E-state index contributed by atoms with van der Waals surface area (Å²) in [5.74, 6) is 0. The molecule has 0 saturated carbocycles. The molecular formula is C20H23N5O. The van der Waals surface area contributed by atoms with Crippen molar-refractivity contribution in [2.75, 3.05) is 18.8 Å². The average molecular weight is 349 g/mol. The predicted octanol–water partition coefficient (Wildman–Crippen LogP) is 1.95. The molecule has 1 aliphatic rings. The van der Waals surface area contributed by atoms with E-state index in [1.165, 1.54) is 11.1 Å². The van der Waals surface area contributed by atoms with Crippen LogP contribution in [0, 0.1) is 0 Å². The van der Waals surface area contributed by atoms with E-state index in [-0.39, 0.29) is 0 Å². The standard InChI is InChI=1S/C20H23N5O/c21-18-7-3-6-16(10-18)20-14-25(23-22-20)13-19(26)12-24-9-8-15-4-1-2-5-17(15)11-24/h1-7,10,14,19,26H,8-9,11-13,21H2. The molecule has 1 unspecified atom stereocenters. The summed E-state index contributed by atoms with van der Waals surface area (Å²) in [5, 5.41) is 18.8. The third-order valence-electron chi connectivity index (χ3n) is 4.80. The van der Waals surface area contributed by atoms with E-state index in [0.29, 0.717) is 18.8 Å². The van der Waals surface area contributed by atoms with E-state index >= 15 is 0 Å². The van der Waals surface area contributed by atoms with Crippen LogP contribution in [0.3, 0.4) is 0 Å². The molecule has 6 heteroatoms. The second-order valence-electron chi connectivity index (χ2n) is 6.86. The number of aliphatic hydroxyl groups is 1. The van der Waals surface area contributed by atoms with Gasteiger partial charge in [-0.3, -0.25) is 4.90 Å². The summed E-state index contributed by atoms with van der Waals surface area (Å²) < 4.78 is 1.70. The fourth-order valence-corrected chi connectivity index (χ4v) is 3.50. The van der Waals surface area contributed by atoms with Crippen molar-refractivity contribution in [1.29, 1.82) is 0 Å². The fraction of sp³-hybridized carbons (Fsp3) is 0.300. The lowest BCUT2D eigenvalue weighted by molar-refractivity contribution is 0.0884. The molecule has 1 aliphatic heterocycles. The van der Waals surface area contributed by atoms with Crippen molar-refractivity contribution in [3.05, 3.63) is 65.9 Å². The number of nitrogens with two attached hydrogens (primary N) is 1. The normalized spacial score (nSPS) is 15.6. The smallest absolute Gasteiger partial charge is 0.113 e. The fourth-order valence-electron chi connectivity index (χ4n) is 3.50. The summed E-state index contributed by atoms with van der Waals surface area (Å²) in [4.78, 5) is 2.29. The van der Waals surface area contributed by atoms with Gasteiger partial charge >= 0.3 is 0 Å². The Morgan fingerprint density at radius 3 is 2.77 bits per heavy atom. The van der Waals surface area contributed by atoms with E-state index in [2.05, 4.69) is 39.5 Å². The summed E-state index contributed by atoms with van der Waals surface area (Å²) in [5.41, 5.74) is 11.0. The summed E-state index contributed by atoms with van der Waals surface area (Å²) in [6.45, 7) is 2.91. The van der Waals surface area contributed by atoms with E-state index in [9.17, 15) is 5.11 Å². The van der Waals surface area contributed by atoms with Gasteiger partial charge in [-0.05, 0) is 29.7 Å². The molecule has 6 nitrogen and oxygen atoms in total. The van der Waals surface area contributed by atoms with Crippen LogP contribution < -0.4 is 5.73 Å². The zero-order valence-corrected chi connectivity index (χ0v) is 14.6. The predicted molar refractivity (Wildman–Crippen MR) is 101 cm³/mol. The van der Waals surface area contributed by atoms with Gasteiger partial charge < -0.3 is 10.8 Å². The van der Waals surface area contributed by atoms with Crippen molar-refractivity contribution >= 4 is 5.69 Å². The molecule has 0 bridgehead atoms. The van der Waals surface area contributed by atoms with Crippen molar-refractivity contribution in [1.82, 2.24) is 19.9 Å². The maximum atomic E-state index is 10.5. The lowest BCUT2D eigenvalue weighted by atomic mass is 10.00. The molecule has 2 heterocycles. The third-order valence-corrected chi connectivity index (χ3v) is 4.80. The van der Waals surface area contributed by atoms with Crippen LogP contribution in [0.5, 0.6) is 0 Å². The lowest BCUT2D eigenvalue weighted by Crippen LogP contribution is -2.38. The number of anilines is 1. The van der Waals surface area contributed by atoms with Crippen molar-refractivity contribution in [2.24, 2.45) is 0 Å². The Bertz CT molecular complexity index is 891. The molecular weight excluding hydrogens is 326 g/mol. The topological polar surface area (TPSA) is 80.2 Å². The van der Waals surface area contributed by atoms with Crippen molar-refractivity contribution < 1.29 is 5.11 Å². The summed E-state index contributed by atoms with van der Waals surface area (Å²) in [6, 6.07) is 16.1. The molecule has 1 atom stereocenters. The highest BCUT2D eigenvalue weighted by atomic mass is 16.3. The second kappa shape index (κ2) is 7.27. The van der Waals surface area contributed by atoms with Gasteiger partial charge in [0.2, 0.25) is 0 Å². The minimum atomic E-state index is -0.490. The van der Waals surface area contributed by atoms with Crippen molar-refractivity contribution in [3.8, 4) is 11.3 Å². The molecule has 3 aromatic rings. The van der Waals surface area contributed by atoms with Gasteiger partial charge in [-0.25, -0.2) is 4.68 Å². The number of nitrogen functional groups attached to an aromatic ring is 1. The first-order chi connectivity index (χ1) is 12.7. The van der Waals surface area contributed by atoms with Crippen LogP contribution in [0.25, 0.3) is 11.3 Å². The minimum absolute atomic E-state index is 0.424. The molecule has 0 aliphatic carbocycles. The van der Waals surface area contributed by atoms with Gasteiger partial charge in [0.25, 0.3) is 0 Å². The third kappa shape index (κ3) is 3.76.